The van der Waals surface area contributed by atoms with Gasteiger partial charge in [0.05, 0.1) is 25.5 Å². The molecular formula is C12H13ClN4O2S. The van der Waals surface area contributed by atoms with E-state index in [4.69, 9.17) is 33.3 Å². The Morgan fingerprint density at radius 1 is 1.40 bits per heavy atom. The Hall–Kier alpha value is -1.86. The Morgan fingerprint density at radius 3 is 2.70 bits per heavy atom. The fraction of sp³-hybridized carbons (Fsp3) is 0.250. The molecule has 0 saturated carbocycles. The first-order valence-electron chi connectivity index (χ1n) is 5.66. The molecular weight excluding hydrogens is 300 g/mol. The van der Waals surface area contributed by atoms with Crippen LogP contribution in [0, 0.1) is 11.7 Å². The minimum Gasteiger partial charge on any atom is -0.493 e. The number of halogens is 1. The van der Waals surface area contributed by atoms with Crippen LogP contribution < -0.4 is 9.47 Å². The van der Waals surface area contributed by atoms with Crippen molar-refractivity contribution in [2.45, 2.75) is 6.92 Å². The monoisotopic (exact) mass is 312 g/mol. The molecule has 1 heterocycles. The van der Waals surface area contributed by atoms with Crippen molar-refractivity contribution in [1.29, 1.82) is 0 Å². The van der Waals surface area contributed by atoms with Gasteiger partial charge in [-0.2, -0.15) is 14.9 Å². The third kappa shape index (κ3) is 2.83. The van der Waals surface area contributed by atoms with E-state index in [1.165, 1.54) is 11.8 Å². The molecule has 0 aliphatic rings. The summed E-state index contributed by atoms with van der Waals surface area (Å²) < 4.78 is 12.3. The van der Waals surface area contributed by atoms with E-state index < -0.39 is 0 Å². The van der Waals surface area contributed by atoms with Crippen LogP contribution in [-0.2, 0) is 0 Å². The molecule has 106 valence electrons. The van der Waals surface area contributed by atoms with Crippen LogP contribution in [0.2, 0.25) is 5.02 Å². The summed E-state index contributed by atoms with van der Waals surface area (Å²) in [5.74, 6) is 1.69. The summed E-state index contributed by atoms with van der Waals surface area (Å²) in [6, 6.07) is 3.50. The lowest BCUT2D eigenvalue weighted by Gasteiger charge is -2.09. The first-order chi connectivity index (χ1) is 9.56. The molecule has 2 rings (SSSR count). The Bertz CT molecular complexity index is 708. The second-order valence-electron chi connectivity index (χ2n) is 3.87. The normalized spacial score (nSPS) is 11.0. The van der Waals surface area contributed by atoms with Gasteiger partial charge in [-0.1, -0.05) is 11.6 Å². The highest BCUT2D eigenvalue weighted by molar-refractivity contribution is 7.71. The highest BCUT2D eigenvalue weighted by atomic mass is 35.5. The van der Waals surface area contributed by atoms with Gasteiger partial charge in [0, 0.05) is 0 Å². The van der Waals surface area contributed by atoms with E-state index in [-0.39, 0.29) is 0 Å². The molecule has 6 nitrogen and oxygen atoms in total. The van der Waals surface area contributed by atoms with Crippen LogP contribution in [0.3, 0.4) is 0 Å². The quantitative estimate of drug-likeness (QED) is 0.696. The number of hydrogen-bond acceptors (Lipinski definition) is 5. The number of nitrogens with one attached hydrogen (secondary N) is 1. The fourth-order valence-electron chi connectivity index (χ4n) is 1.64. The van der Waals surface area contributed by atoms with Crippen molar-refractivity contribution in [3.8, 4) is 11.5 Å². The van der Waals surface area contributed by atoms with E-state index in [0.29, 0.717) is 27.1 Å². The third-order valence-corrected chi connectivity index (χ3v) is 3.14. The van der Waals surface area contributed by atoms with Gasteiger partial charge in [-0.3, -0.25) is 5.10 Å². The molecule has 0 fully saturated rings. The third-order valence-electron chi connectivity index (χ3n) is 2.59. The summed E-state index contributed by atoms with van der Waals surface area (Å²) in [5, 5.41) is 11.3. The van der Waals surface area contributed by atoms with Crippen LogP contribution in [0.25, 0.3) is 0 Å². The Labute approximate surface area is 126 Å². The molecule has 0 aliphatic heterocycles. The first kappa shape index (κ1) is 14.5. The van der Waals surface area contributed by atoms with Gasteiger partial charge in [0.15, 0.2) is 11.5 Å². The predicted molar refractivity (Wildman–Crippen MR) is 79.7 cm³/mol. The van der Waals surface area contributed by atoms with Gasteiger partial charge < -0.3 is 9.47 Å². The molecule has 8 heteroatoms. The lowest BCUT2D eigenvalue weighted by molar-refractivity contribution is 0.355. The molecule has 0 bridgehead atoms. The van der Waals surface area contributed by atoms with Crippen LogP contribution >= 0.6 is 23.8 Å². The highest BCUT2D eigenvalue weighted by Crippen LogP contribution is 2.35. The molecule has 2 aromatic rings. The zero-order valence-corrected chi connectivity index (χ0v) is 12.7. The number of nitrogens with zero attached hydrogens (tertiary/aromatic N) is 3. The maximum atomic E-state index is 6.12. The smallest absolute Gasteiger partial charge is 0.216 e. The van der Waals surface area contributed by atoms with Crippen molar-refractivity contribution < 1.29 is 9.47 Å². The zero-order valence-electron chi connectivity index (χ0n) is 11.2. The minimum atomic E-state index is 0.422. The van der Waals surface area contributed by atoms with E-state index in [1.54, 1.807) is 32.4 Å². The fourth-order valence-corrected chi connectivity index (χ4v) is 2.16. The zero-order chi connectivity index (χ0) is 14.7. The molecule has 1 aromatic heterocycles. The number of rotatable bonds is 4. The van der Waals surface area contributed by atoms with Crippen LogP contribution in [0.4, 0.5) is 0 Å². The Balaban J connectivity index is 2.40. The van der Waals surface area contributed by atoms with Gasteiger partial charge in [0.25, 0.3) is 0 Å². The summed E-state index contributed by atoms with van der Waals surface area (Å²) >= 11 is 11.2. The molecule has 0 amide bonds. The van der Waals surface area contributed by atoms with E-state index in [9.17, 15) is 0 Å². The van der Waals surface area contributed by atoms with Crippen LogP contribution in [0.1, 0.15) is 11.4 Å². The number of H-pyrrole nitrogens is 1. The second kappa shape index (κ2) is 6.06. The van der Waals surface area contributed by atoms with Crippen molar-refractivity contribution in [3.63, 3.8) is 0 Å². The van der Waals surface area contributed by atoms with Gasteiger partial charge in [-0.25, -0.2) is 0 Å². The maximum Gasteiger partial charge on any atom is 0.216 e. The van der Waals surface area contributed by atoms with Crippen molar-refractivity contribution in [2.75, 3.05) is 14.2 Å². The summed E-state index contributed by atoms with van der Waals surface area (Å²) in [4.78, 5) is 0. The SMILES string of the molecule is COc1cc(/C=N\n2c(C)n[nH]c2=S)cc(Cl)c1OC. The number of benzene rings is 1. The van der Waals surface area contributed by atoms with Gasteiger partial charge >= 0.3 is 0 Å². The average molecular weight is 313 g/mol. The lowest BCUT2D eigenvalue weighted by Crippen LogP contribution is -1.96. The molecule has 0 spiro atoms. The van der Waals surface area contributed by atoms with Crippen molar-refractivity contribution >= 4 is 30.0 Å². The van der Waals surface area contributed by atoms with Crippen LogP contribution in [0.15, 0.2) is 17.2 Å². The first-order valence-corrected chi connectivity index (χ1v) is 6.45. The second-order valence-corrected chi connectivity index (χ2v) is 4.66. The number of ether oxygens (including phenoxy) is 2. The van der Waals surface area contributed by atoms with Gasteiger partial charge in [-0.15, -0.1) is 0 Å². The van der Waals surface area contributed by atoms with Crippen LogP contribution in [-0.4, -0.2) is 35.3 Å². The number of aromatic nitrogens is 3. The van der Waals surface area contributed by atoms with E-state index in [1.807, 2.05) is 0 Å². The van der Waals surface area contributed by atoms with Crippen molar-refractivity contribution in [3.05, 3.63) is 33.3 Å². The number of hydrogen-bond donors (Lipinski definition) is 1. The minimum absolute atomic E-state index is 0.422. The van der Waals surface area contributed by atoms with Gasteiger partial charge in [-0.05, 0) is 36.8 Å². The summed E-state index contributed by atoms with van der Waals surface area (Å²) in [7, 11) is 3.08. The topological polar surface area (TPSA) is 64.4 Å². The molecule has 20 heavy (non-hydrogen) atoms. The molecule has 0 atom stereocenters. The Morgan fingerprint density at radius 2 is 2.15 bits per heavy atom. The van der Waals surface area contributed by atoms with Gasteiger partial charge in [0.2, 0.25) is 4.77 Å². The number of aromatic amines is 1. The summed E-state index contributed by atoms with van der Waals surface area (Å²) in [6.45, 7) is 1.80. The summed E-state index contributed by atoms with van der Waals surface area (Å²) in [6.07, 6.45) is 1.62. The molecule has 1 N–H and O–H groups in total. The Kier molecular flexibility index (Phi) is 4.41. The van der Waals surface area contributed by atoms with Gasteiger partial charge in [0.1, 0.15) is 5.82 Å². The molecule has 0 aliphatic carbocycles. The largest absolute Gasteiger partial charge is 0.493 e. The lowest BCUT2D eigenvalue weighted by atomic mass is 10.2. The molecule has 0 unspecified atom stereocenters. The van der Waals surface area contributed by atoms with Crippen LogP contribution in [0.5, 0.6) is 11.5 Å². The van der Waals surface area contributed by atoms with E-state index in [0.717, 1.165) is 5.56 Å². The number of aryl methyl sites for hydroxylation is 1. The molecule has 0 saturated heterocycles. The van der Waals surface area contributed by atoms with E-state index >= 15 is 0 Å². The standard InChI is InChI=1S/C12H13ClN4O2S/c1-7-15-16-12(20)17(7)14-6-8-4-9(13)11(19-3)10(5-8)18-2/h4-6H,1-3H3,(H,16,20)/b14-6-. The maximum absolute atomic E-state index is 6.12. The highest BCUT2D eigenvalue weighted by Gasteiger charge is 2.10. The average Bonchev–Trinajstić information content (AvgIpc) is 2.75. The van der Waals surface area contributed by atoms with Crippen molar-refractivity contribution in [1.82, 2.24) is 14.9 Å². The molecule has 1 aromatic carbocycles. The van der Waals surface area contributed by atoms with Crippen molar-refractivity contribution in [2.24, 2.45) is 5.10 Å². The number of methoxy groups -OCH3 is 2. The molecule has 0 radical (unpaired) electrons. The predicted octanol–water partition coefficient (Wildman–Crippen LogP) is 2.80. The van der Waals surface area contributed by atoms with E-state index in [2.05, 4.69) is 15.3 Å². The summed E-state index contributed by atoms with van der Waals surface area (Å²) in [5.41, 5.74) is 0.759.